The number of sulfonamides is 1. The van der Waals surface area contributed by atoms with Gasteiger partial charge in [-0.1, -0.05) is 29.5 Å². The van der Waals surface area contributed by atoms with Crippen LogP contribution >= 0.6 is 11.3 Å². The summed E-state index contributed by atoms with van der Waals surface area (Å²) in [4.78, 5) is 31.0. The third kappa shape index (κ3) is 5.37. The van der Waals surface area contributed by atoms with Gasteiger partial charge in [-0.05, 0) is 42.5 Å². The van der Waals surface area contributed by atoms with Crippen molar-refractivity contribution in [3.05, 3.63) is 87.9 Å². The molecule has 4 aromatic rings. The van der Waals surface area contributed by atoms with Crippen LogP contribution in [0.15, 0.2) is 77.8 Å². The van der Waals surface area contributed by atoms with Gasteiger partial charge in [0, 0.05) is 34.3 Å². The summed E-state index contributed by atoms with van der Waals surface area (Å²) in [7, 11) is -3.93. The second-order valence-corrected chi connectivity index (χ2v) is 9.41. The van der Waals surface area contributed by atoms with Gasteiger partial charge in [0.2, 0.25) is 11.9 Å². The molecule has 0 saturated heterocycles. The van der Waals surface area contributed by atoms with Crippen LogP contribution in [0.2, 0.25) is 0 Å². The number of nitrogens with zero attached hydrogens (tertiary/aromatic N) is 3. The molecule has 0 atom stereocenters. The summed E-state index contributed by atoms with van der Waals surface area (Å²) in [6.07, 6.45) is 4.22. The molecular formula is C21H15N5O5S2. The van der Waals surface area contributed by atoms with E-state index in [-0.39, 0.29) is 15.8 Å². The van der Waals surface area contributed by atoms with Crippen molar-refractivity contribution in [2.24, 2.45) is 0 Å². The lowest BCUT2D eigenvalue weighted by molar-refractivity contribution is -0.380. The summed E-state index contributed by atoms with van der Waals surface area (Å²) in [5.74, 6) is -0.519. The lowest BCUT2D eigenvalue weighted by Gasteiger charge is -2.08. The molecule has 0 saturated carbocycles. The Kier molecular flexibility index (Phi) is 6.11. The van der Waals surface area contributed by atoms with E-state index >= 15 is 0 Å². The molecule has 2 N–H and O–H groups in total. The number of amides is 1. The average Bonchev–Trinajstić information content (AvgIpc) is 3.27. The first-order chi connectivity index (χ1) is 15.8. The lowest BCUT2D eigenvalue weighted by atomic mass is 10.2. The van der Waals surface area contributed by atoms with E-state index in [4.69, 9.17) is 0 Å². The molecule has 2 heterocycles. The highest BCUT2D eigenvalue weighted by Crippen LogP contribution is 2.25. The smallest absolute Gasteiger partial charge is 0.323 e. The second-order valence-electron chi connectivity index (χ2n) is 6.64. The van der Waals surface area contributed by atoms with Crippen LogP contribution in [0.25, 0.3) is 17.0 Å². The summed E-state index contributed by atoms with van der Waals surface area (Å²) in [5, 5.41) is 14.1. The highest BCUT2D eigenvalue weighted by molar-refractivity contribution is 7.92. The maximum atomic E-state index is 12.6. The Morgan fingerprint density at radius 3 is 2.55 bits per heavy atom. The minimum atomic E-state index is -3.93. The maximum absolute atomic E-state index is 12.6. The zero-order chi connectivity index (χ0) is 23.4. The normalized spacial score (nSPS) is 11.5. The SMILES string of the molecule is O=C(/C=C/c1ccc([N+](=O)[O-])s1)Nc1ccc(S(=O)(=O)Nc2ncc3ccccc3n2)cc1. The fraction of sp³-hybridized carbons (Fsp3) is 0. The summed E-state index contributed by atoms with van der Waals surface area (Å²) in [6, 6.07) is 15.7. The number of aromatic nitrogens is 2. The Hall–Kier alpha value is -4.16. The zero-order valence-electron chi connectivity index (χ0n) is 16.7. The van der Waals surface area contributed by atoms with Gasteiger partial charge in [0.05, 0.1) is 15.3 Å². The number of rotatable bonds is 7. The quantitative estimate of drug-likeness (QED) is 0.230. The van der Waals surface area contributed by atoms with Crippen molar-refractivity contribution in [3.63, 3.8) is 0 Å². The van der Waals surface area contributed by atoms with Gasteiger partial charge in [-0.25, -0.2) is 23.1 Å². The number of benzene rings is 2. The van der Waals surface area contributed by atoms with Crippen LogP contribution in [0, 0.1) is 10.1 Å². The van der Waals surface area contributed by atoms with Gasteiger partial charge in [-0.2, -0.15) is 0 Å². The number of carbonyl (C=O) groups is 1. The predicted octanol–water partition coefficient (Wildman–Crippen LogP) is 4.05. The molecule has 4 rings (SSSR count). The zero-order valence-corrected chi connectivity index (χ0v) is 18.3. The topological polar surface area (TPSA) is 144 Å². The Morgan fingerprint density at radius 1 is 1.06 bits per heavy atom. The number of fused-ring (bicyclic) bond motifs is 1. The largest absolute Gasteiger partial charge is 0.324 e. The number of anilines is 2. The summed E-state index contributed by atoms with van der Waals surface area (Å²) >= 11 is 0.945. The molecule has 0 radical (unpaired) electrons. The van der Waals surface area contributed by atoms with Crippen molar-refractivity contribution in [3.8, 4) is 0 Å². The molecule has 0 bridgehead atoms. The first-order valence-electron chi connectivity index (χ1n) is 9.38. The van der Waals surface area contributed by atoms with Crippen LogP contribution in [-0.4, -0.2) is 29.2 Å². The summed E-state index contributed by atoms with van der Waals surface area (Å²) < 4.78 is 27.6. The molecule has 1 amide bonds. The van der Waals surface area contributed by atoms with Crippen molar-refractivity contribution >= 4 is 60.9 Å². The van der Waals surface area contributed by atoms with Crippen LogP contribution in [-0.2, 0) is 14.8 Å². The van der Waals surface area contributed by atoms with E-state index in [0.717, 1.165) is 16.7 Å². The van der Waals surface area contributed by atoms with Crippen molar-refractivity contribution in [1.82, 2.24) is 9.97 Å². The van der Waals surface area contributed by atoms with Crippen LogP contribution < -0.4 is 10.0 Å². The Balaban J connectivity index is 1.41. The Labute approximate surface area is 191 Å². The third-order valence-corrected chi connectivity index (χ3v) is 6.68. The first-order valence-corrected chi connectivity index (χ1v) is 11.7. The van der Waals surface area contributed by atoms with Gasteiger partial charge >= 0.3 is 5.00 Å². The lowest BCUT2D eigenvalue weighted by Crippen LogP contribution is -2.15. The Bertz CT molecular complexity index is 1480. The monoisotopic (exact) mass is 481 g/mol. The van der Waals surface area contributed by atoms with Crippen molar-refractivity contribution in [1.29, 1.82) is 0 Å². The van der Waals surface area contributed by atoms with E-state index in [1.54, 1.807) is 18.2 Å². The molecular weight excluding hydrogens is 466 g/mol. The molecule has 12 heteroatoms. The van der Waals surface area contributed by atoms with Crippen molar-refractivity contribution < 1.29 is 18.1 Å². The number of carbonyl (C=O) groups excluding carboxylic acids is 1. The van der Waals surface area contributed by atoms with Crippen molar-refractivity contribution in [2.45, 2.75) is 4.90 Å². The van der Waals surface area contributed by atoms with Gasteiger partial charge in [0.1, 0.15) is 0 Å². The minimum Gasteiger partial charge on any atom is -0.323 e. The summed E-state index contributed by atoms with van der Waals surface area (Å²) in [6.45, 7) is 0. The first kappa shape index (κ1) is 22.0. The molecule has 0 aliphatic heterocycles. The van der Waals surface area contributed by atoms with Crippen LogP contribution in [0.4, 0.5) is 16.6 Å². The number of nitrogens with one attached hydrogen (secondary N) is 2. The third-order valence-electron chi connectivity index (χ3n) is 4.34. The van der Waals surface area contributed by atoms with Crippen LogP contribution in [0.5, 0.6) is 0 Å². The molecule has 166 valence electrons. The molecule has 0 unspecified atom stereocenters. The minimum absolute atomic E-state index is 0.0189. The second kappa shape index (κ2) is 9.14. The summed E-state index contributed by atoms with van der Waals surface area (Å²) in [5.41, 5.74) is 0.983. The van der Waals surface area contributed by atoms with Gasteiger partial charge in [0.25, 0.3) is 10.0 Å². The highest BCUT2D eigenvalue weighted by atomic mass is 32.2. The molecule has 0 aliphatic rings. The van der Waals surface area contributed by atoms with E-state index in [9.17, 15) is 23.3 Å². The van der Waals surface area contributed by atoms with E-state index < -0.39 is 20.9 Å². The standard InChI is InChI=1S/C21H15N5O5S2/c27-19(11-7-16-8-12-20(32-16)26(28)29)23-15-5-9-17(10-6-15)33(30,31)25-21-22-13-14-3-1-2-4-18(14)24-21/h1-13H,(H,23,27)(H,22,24,25)/b11-7+. The van der Waals surface area contributed by atoms with E-state index in [2.05, 4.69) is 20.0 Å². The molecule has 2 aromatic carbocycles. The molecule has 0 fully saturated rings. The number of hydrogen-bond donors (Lipinski definition) is 2. The number of thiophene rings is 1. The predicted molar refractivity (Wildman–Crippen MR) is 125 cm³/mol. The van der Waals surface area contributed by atoms with Gasteiger partial charge in [0.15, 0.2) is 0 Å². The van der Waals surface area contributed by atoms with E-state index in [1.165, 1.54) is 48.7 Å². The fourth-order valence-electron chi connectivity index (χ4n) is 2.79. The fourth-order valence-corrected chi connectivity index (χ4v) is 4.46. The van der Waals surface area contributed by atoms with Gasteiger partial charge < -0.3 is 5.32 Å². The maximum Gasteiger partial charge on any atom is 0.324 e. The van der Waals surface area contributed by atoms with E-state index in [1.807, 2.05) is 12.1 Å². The van der Waals surface area contributed by atoms with E-state index in [0.29, 0.717) is 16.1 Å². The molecule has 2 aromatic heterocycles. The average molecular weight is 482 g/mol. The van der Waals surface area contributed by atoms with Crippen LogP contribution in [0.1, 0.15) is 4.88 Å². The molecule has 0 spiro atoms. The molecule has 10 nitrogen and oxygen atoms in total. The van der Waals surface area contributed by atoms with Crippen LogP contribution in [0.3, 0.4) is 0 Å². The number of para-hydroxylation sites is 1. The van der Waals surface area contributed by atoms with Gasteiger partial charge in [-0.15, -0.1) is 0 Å². The molecule has 0 aliphatic carbocycles. The van der Waals surface area contributed by atoms with Crippen molar-refractivity contribution in [2.75, 3.05) is 10.0 Å². The van der Waals surface area contributed by atoms with Gasteiger partial charge in [-0.3, -0.25) is 14.9 Å². The highest BCUT2D eigenvalue weighted by Gasteiger charge is 2.16. The molecule has 33 heavy (non-hydrogen) atoms. The number of hydrogen-bond acceptors (Lipinski definition) is 8. The Morgan fingerprint density at radius 2 is 1.82 bits per heavy atom. The number of nitro groups is 1.